The third-order valence-corrected chi connectivity index (χ3v) is 7.61. The summed E-state index contributed by atoms with van der Waals surface area (Å²) in [7, 11) is 0. The summed E-state index contributed by atoms with van der Waals surface area (Å²) in [6, 6.07) is 0. The first-order valence-electron chi connectivity index (χ1n) is 8.90. The monoisotopic (exact) mass is 304 g/mol. The van der Waals surface area contributed by atoms with E-state index in [9.17, 15) is 9.90 Å². The summed E-state index contributed by atoms with van der Waals surface area (Å²) < 4.78 is 5.47. The fraction of sp³-hybridized carbons (Fsp3) is 0.842. The molecule has 5 atom stereocenters. The van der Waals surface area contributed by atoms with Crippen LogP contribution in [0.25, 0.3) is 0 Å². The molecule has 4 rings (SSSR count). The molecule has 0 aromatic carbocycles. The van der Waals surface area contributed by atoms with Gasteiger partial charge in [-0.2, -0.15) is 0 Å². The highest BCUT2D eigenvalue weighted by Gasteiger charge is 2.56. The number of esters is 1. The molecule has 1 aliphatic heterocycles. The topological polar surface area (TPSA) is 46.5 Å². The molecule has 3 aliphatic carbocycles. The van der Waals surface area contributed by atoms with Gasteiger partial charge in [-0.05, 0) is 49.9 Å². The highest BCUT2D eigenvalue weighted by atomic mass is 16.5. The molecule has 1 N–H and O–H groups in total. The van der Waals surface area contributed by atoms with E-state index in [1.165, 1.54) is 18.4 Å². The minimum absolute atomic E-state index is 0.00550. The van der Waals surface area contributed by atoms with Crippen molar-refractivity contribution in [1.29, 1.82) is 0 Å². The summed E-state index contributed by atoms with van der Waals surface area (Å²) in [5.74, 6) is 1.72. The van der Waals surface area contributed by atoms with Crippen molar-refractivity contribution in [2.45, 2.75) is 65.4 Å². The lowest BCUT2D eigenvalue weighted by Crippen LogP contribution is -2.51. The Bertz CT molecular complexity index is 547. The maximum Gasteiger partial charge on any atom is 0.306 e. The number of carbonyl (C=O) groups excluding carboxylic acids is 1. The van der Waals surface area contributed by atoms with Crippen LogP contribution in [-0.4, -0.2) is 23.8 Å². The average molecular weight is 304 g/mol. The van der Waals surface area contributed by atoms with Gasteiger partial charge in [-0.25, -0.2) is 0 Å². The van der Waals surface area contributed by atoms with Gasteiger partial charge in [0.05, 0.1) is 12.7 Å². The first kappa shape index (κ1) is 14.7. The summed E-state index contributed by atoms with van der Waals surface area (Å²) in [4.78, 5) is 11.7. The Balaban J connectivity index is 1.68. The van der Waals surface area contributed by atoms with Gasteiger partial charge in [-0.1, -0.05) is 31.9 Å². The zero-order chi connectivity index (χ0) is 15.7. The molecule has 1 saturated carbocycles. The summed E-state index contributed by atoms with van der Waals surface area (Å²) >= 11 is 0. The second-order valence-electron chi connectivity index (χ2n) is 8.84. The van der Waals surface area contributed by atoms with Crippen molar-refractivity contribution in [2.75, 3.05) is 6.61 Å². The van der Waals surface area contributed by atoms with E-state index in [0.717, 1.165) is 19.3 Å². The van der Waals surface area contributed by atoms with Gasteiger partial charge in [0.2, 0.25) is 0 Å². The van der Waals surface area contributed by atoms with E-state index in [0.29, 0.717) is 30.8 Å². The van der Waals surface area contributed by atoms with Gasteiger partial charge in [0.15, 0.2) is 0 Å². The molecule has 0 spiro atoms. The molecule has 0 aromatic rings. The van der Waals surface area contributed by atoms with Crippen molar-refractivity contribution in [2.24, 2.45) is 28.6 Å². The first-order valence-corrected chi connectivity index (χ1v) is 8.90. The smallest absolute Gasteiger partial charge is 0.306 e. The maximum atomic E-state index is 11.7. The van der Waals surface area contributed by atoms with Crippen molar-refractivity contribution in [1.82, 2.24) is 0 Å². The Labute approximate surface area is 133 Å². The zero-order valence-corrected chi connectivity index (χ0v) is 14.0. The lowest BCUT2D eigenvalue weighted by atomic mass is 9.51. The second kappa shape index (κ2) is 4.59. The van der Waals surface area contributed by atoms with Crippen LogP contribution in [0.5, 0.6) is 0 Å². The van der Waals surface area contributed by atoms with Crippen LogP contribution in [0.3, 0.4) is 0 Å². The van der Waals surface area contributed by atoms with Gasteiger partial charge in [0.25, 0.3) is 0 Å². The standard InChI is InChI=1S/C19H28O3/c1-18(2)14-6-7-15-12(13(14)9-16(18)20)5-4-11-8-17(21)22-10-19(11,15)3/h11-12,15-16,20H,4-10H2,1-3H3/t11-,12-,15-,16+,19-/m0/s1. The highest BCUT2D eigenvalue weighted by Crippen LogP contribution is 2.61. The second-order valence-corrected chi connectivity index (χ2v) is 8.84. The lowest BCUT2D eigenvalue weighted by Gasteiger charge is -2.55. The molecular formula is C19H28O3. The molecule has 3 nitrogen and oxygen atoms in total. The number of hydrogen-bond donors (Lipinski definition) is 1. The molecule has 1 heterocycles. The van der Waals surface area contributed by atoms with Gasteiger partial charge in [-0.15, -0.1) is 0 Å². The number of aliphatic hydroxyl groups excluding tert-OH is 1. The van der Waals surface area contributed by atoms with Crippen LogP contribution in [0.1, 0.15) is 59.3 Å². The van der Waals surface area contributed by atoms with E-state index < -0.39 is 0 Å². The third kappa shape index (κ3) is 1.81. The maximum absolute atomic E-state index is 11.7. The van der Waals surface area contributed by atoms with Crippen LogP contribution >= 0.6 is 0 Å². The molecule has 2 fully saturated rings. The molecule has 0 radical (unpaired) electrons. The summed E-state index contributed by atoms with van der Waals surface area (Å²) in [5.41, 5.74) is 3.20. The van der Waals surface area contributed by atoms with Crippen molar-refractivity contribution < 1.29 is 14.6 Å². The third-order valence-electron chi connectivity index (χ3n) is 7.61. The fourth-order valence-corrected chi connectivity index (χ4v) is 6.04. The van der Waals surface area contributed by atoms with Crippen LogP contribution in [0.4, 0.5) is 0 Å². The summed E-state index contributed by atoms with van der Waals surface area (Å²) in [6.45, 7) is 7.36. The van der Waals surface area contributed by atoms with E-state index >= 15 is 0 Å². The molecular weight excluding hydrogens is 276 g/mol. The number of cyclic esters (lactones) is 1. The number of hydrogen-bond acceptors (Lipinski definition) is 3. The SMILES string of the molecule is CC1(C)C2=C(C[C@H]1O)[C@@H]1CC[C@H]3CC(=O)OC[C@]3(C)[C@H]1CC2. The lowest BCUT2D eigenvalue weighted by molar-refractivity contribution is -0.170. The van der Waals surface area contributed by atoms with Crippen LogP contribution in [0.2, 0.25) is 0 Å². The molecule has 0 unspecified atom stereocenters. The summed E-state index contributed by atoms with van der Waals surface area (Å²) in [6.07, 6.45) is 5.91. The molecule has 122 valence electrons. The van der Waals surface area contributed by atoms with Crippen molar-refractivity contribution in [3.63, 3.8) is 0 Å². The normalized spacial score (nSPS) is 46.6. The number of aliphatic hydroxyl groups is 1. The number of fused-ring (bicyclic) bond motifs is 4. The van der Waals surface area contributed by atoms with Crippen LogP contribution in [0.15, 0.2) is 11.1 Å². The van der Waals surface area contributed by atoms with Crippen LogP contribution < -0.4 is 0 Å². The number of ether oxygens (including phenoxy) is 1. The Kier molecular flexibility index (Phi) is 3.08. The van der Waals surface area contributed by atoms with E-state index in [-0.39, 0.29) is 22.9 Å². The predicted molar refractivity (Wildman–Crippen MR) is 84.1 cm³/mol. The largest absolute Gasteiger partial charge is 0.465 e. The van der Waals surface area contributed by atoms with Crippen molar-refractivity contribution in [3.05, 3.63) is 11.1 Å². The molecule has 0 amide bonds. The molecule has 0 aromatic heterocycles. The van der Waals surface area contributed by atoms with Gasteiger partial charge >= 0.3 is 5.97 Å². The van der Waals surface area contributed by atoms with Gasteiger partial charge < -0.3 is 9.84 Å². The Morgan fingerprint density at radius 1 is 1.14 bits per heavy atom. The Morgan fingerprint density at radius 3 is 2.68 bits per heavy atom. The van der Waals surface area contributed by atoms with Crippen LogP contribution in [0, 0.1) is 28.6 Å². The molecule has 4 aliphatic rings. The first-order chi connectivity index (χ1) is 10.3. The minimum Gasteiger partial charge on any atom is -0.465 e. The van der Waals surface area contributed by atoms with Gasteiger partial charge in [-0.3, -0.25) is 4.79 Å². The predicted octanol–water partition coefficient (Wildman–Crippen LogP) is 3.46. The van der Waals surface area contributed by atoms with Crippen molar-refractivity contribution in [3.8, 4) is 0 Å². The van der Waals surface area contributed by atoms with Crippen LogP contribution in [-0.2, 0) is 9.53 Å². The Hall–Kier alpha value is -0.830. The van der Waals surface area contributed by atoms with E-state index in [2.05, 4.69) is 20.8 Å². The number of rotatable bonds is 0. The van der Waals surface area contributed by atoms with Crippen molar-refractivity contribution >= 4 is 5.97 Å². The summed E-state index contributed by atoms with van der Waals surface area (Å²) in [5, 5.41) is 10.5. The molecule has 0 bridgehead atoms. The Morgan fingerprint density at radius 2 is 1.91 bits per heavy atom. The van der Waals surface area contributed by atoms with Gasteiger partial charge in [0, 0.05) is 17.3 Å². The molecule has 1 saturated heterocycles. The van der Waals surface area contributed by atoms with E-state index in [1.54, 1.807) is 5.57 Å². The highest BCUT2D eigenvalue weighted by molar-refractivity contribution is 5.70. The number of carbonyl (C=O) groups is 1. The van der Waals surface area contributed by atoms with E-state index in [1.807, 2.05) is 0 Å². The van der Waals surface area contributed by atoms with Gasteiger partial charge in [0.1, 0.15) is 0 Å². The minimum atomic E-state index is -0.217. The quantitative estimate of drug-likeness (QED) is 0.550. The molecule has 3 heteroatoms. The average Bonchev–Trinajstić information content (AvgIpc) is 2.70. The van der Waals surface area contributed by atoms with E-state index in [4.69, 9.17) is 4.74 Å². The molecule has 22 heavy (non-hydrogen) atoms. The zero-order valence-electron chi connectivity index (χ0n) is 14.0. The fourth-order valence-electron chi connectivity index (χ4n) is 6.04.